The maximum absolute atomic E-state index is 13.0. The molecule has 0 aliphatic rings. The number of rotatable bonds is 6. The van der Waals surface area contributed by atoms with Crippen LogP contribution in [0.4, 0.5) is 24.7 Å². The Morgan fingerprint density at radius 3 is 2.45 bits per heavy atom. The molecule has 1 aromatic carbocycles. The highest BCUT2D eigenvalue weighted by Gasteiger charge is 2.33. The van der Waals surface area contributed by atoms with Crippen molar-refractivity contribution in [1.29, 1.82) is 0 Å². The summed E-state index contributed by atoms with van der Waals surface area (Å²) in [4.78, 5) is 14.6. The lowest BCUT2D eigenvalue weighted by Crippen LogP contribution is -2.15. The van der Waals surface area contributed by atoms with Gasteiger partial charge in [0.25, 0.3) is 0 Å². The van der Waals surface area contributed by atoms with E-state index in [0.717, 1.165) is 10.9 Å². The number of nitrogens with zero attached hydrogens (tertiary/aromatic N) is 4. The van der Waals surface area contributed by atoms with E-state index in [1.165, 1.54) is 6.92 Å². The summed E-state index contributed by atoms with van der Waals surface area (Å²) in [5, 5.41) is 14.3. The third-order valence-electron chi connectivity index (χ3n) is 3.50. The summed E-state index contributed by atoms with van der Waals surface area (Å²) in [6, 6.07) is 1.23. The molecule has 8 nitrogen and oxygen atoms in total. The Labute approximate surface area is 173 Å². The molecule has 0 amide bonds. The van der Waals surface area contributed by atoms with Crippen LogP contribution in [0.1, 0.15) is 19.4 Å². The Kier molecular flexibility index (Phi) is 7.20. The molecule has 1 heterocycles. The summed E-state index contributed by atoms with van der Waals surface area (Å²) in [5.74, 6) is -0.509. The zero-order valence-electron chi connectivity index (χ0n) is 14.8. The fraction of sp³-hybridized carbons (Fsp3) is 0.333. The van der Waals surface area contributed by atoms with Gasteiger partial charge in [-0.1, -0.05) is 23.2 Å². The summed E-state index contributed by atoms with van der Waals surface area (Å²) in [6.45, 7) is 3.25. The van der Waals surface area contributed by atoms with Gasteiger partial charge in [-0.25, -0.2) is 4.68 Å². The molecule has 0 aliphatic heterocycles. The molecule has 0 radical (unpaired) electrons. The third-order valence-corrected chi connectivity index (χ3v) is 4.62. The number of aliphatic imine (C=N–C) groups is 1. The molecule has 156 valence electrons. The molecular weight excluding hydrogens is 459 g/mol. The second kappa shape index (κ2) is 9.06. The van der Waals surface area contributed by atoms with Crippen LogP contribution in [0.25, 0.3) is 5.69 Å². The van der Waals surface area contributed by atoms with Gasteiger partial charge in [0.15, 0.2) is 8.46 Å². The van der Waals surface area contributed by atoms with E-state index >= 15 is 0 Å². The van der Waals surface area contributed by atoms with Crippen LogP contribution >= 0.6 is 31.7 Å². The molecule has 0 N–H and O–H groups in total. The molecule has 0 saturated carbocycles. The largest absolute Gasteiger partial charge is 0.480 e. The molecule has 0 spiro atoms. The van der Waals surface area contributed by atoms with E-state index in [9.17, 15) is 27.9 Å². The lowest BCUT2D eigenvalue weighted by Gasteiger charge is -2.14. The van der Waals surface area contributed by atoms with E-state index in [1.807, 2.05) is 0 Å². The van der Waals surface area contributed by atoms with Crippen LogP contribution in [0, 0.1) is 10.1 Å². The monoisotopic (exact) mass is 470 g/mol. The number of hydrogen-bond donors (Lipinski definition) is 0. The molecule has 0 bridgehead atoms. The van der Waals surface area contributed by atoms with Gasteiger partial charge in [-0.2, -0.15) is 23.3 Å². The minimum absolute atomic E-state index is 0.104. The lowest BCUT2D eigenvalue weighted by atomic mass is 10.2. The van der Waals surface area contributed by atoms with Crippen LogP contribution in [0.2, 0.25) is 10.0 Å². The zero-order valence-corrected chi connectivity index (χ0v) is 17.2. The number of aromatic nitrogens is 2. The predicted octanol–water partition coefficient (Wildman–Crippen LogP) is 5.85. The standard InChI is InChI=1S/C15H12Cl2F3N4O4P/c1-3-28-14(7(2)29-27)22-13-11(24(25)26)6-21-23(13)12-9(16)4-8(5-10(12)17)15(18,19)20/h4-7H,3H2,1-2H3. The average Bonchev–Trinajstić information content (AvgIpc) is 3.02. The van der Waals surface area contributed by atoms with Gasteiger partial charge in [0.05, 0.1) is 27.1 Å². The molecule has 2 aromatic rings. The van der Waals surface area contributed by atoms with Gasteiger partial charge >= 0.3 is 11.9 Å². The first-order valence-corrected chi connectivity index (χ1v) is 9.47. The van der Waals surface area contributed by atoms with Crippen molar-refractivity contribution in [3.05, 3.63) is 44.1 Å². The van der Waals surface area contributed by atoms with Crippen molar-refractivity contribution in [1.82, 2.24) is 9.78 Å². The molecule has 0 saturated heterocycles. The maximum Gasteiger partial charge on any atom is 0.416 e. The summed E-state index contributed by atoms with van der Waals surface area (Å²) in [7, 11) is -0.359. The first-order chi connectivity index (χ1) is 13.5. The Hall–Kier alpha value is -2.23. The zero-order chi connectivity index (χ0) is 21.9. The minimum Gasteiger partial charge on any atom is -0.480 e. The summed E-state index contributed by atoms with van der Waals surface area (Å²) in [5.41, 5.74) is -2.67. The number of hydrogen-bond acceptors (Lipinski definition) is 6. The normalized spacial score (nSPS) is 13.6. The van der Waals surface area contributed by atoms with Crippen LogP contribution in [-0.4, -0.2) is 32.9 Å². The van der Waals surface area contributed by atoms with E-state index in [0.29, 0.717) is 12.1 Å². The van der Waals surface area contributed by atoms with Crippen LogP contribution in [-0.2, 0) is 15.5 Å². The van der Waals surface area contributed by atoms with Gasteiger partial charge in [0.2, 0.25) is 11.7 Å². The van der Waals surface area contributed by atoms with Crippen molar-refractivity contribution in [2.45, 2.75) is 25.7 Å². The first-order valence-electron chi connectivity index (χ1n) is 7.84. The predicted molar refractivity (Wildman–Crippen MR) is 101 cm³/mol. The second-order valence-electron chi connectivity index (χ2n) is 5.47. The molecule has 0 fully saturated rings. The van der Waals surface area contributed by atoms with E-state index in [2.05, 4.69) is 10.1 Å². The van der Waals surface area contributed by atoms with Crippen LogP contribution in [0.15, 0.2) is 23.3 Å². The molecule has 1 atom stereocenters. The highest BCUT2D eigenvalue weighted by Crippen LogP contribution is 2.40. The van der Waals surface area contributed by atoms with Gasteiger partial charge in [-0.3, -0.25) is 14.7 Å². The van der Waals surface area contributed by atoms with Crippen molar-refractivity contribution in [2.24, 2.45) is 4.99 Å². The fourth-order valence-electron chi connectivity index (χ4n) is 2.21. The van der Waals surface area contributed by atoms with E-state index in [1.54, 1.807) is 6.92 Å². The van der Waals surface area contributed by atoms with E-state index in [-0.39, 0.29) is 26.7 Å². The van der Waals surface area contributed by atoms with Crippen LogP contribution in [0.3, 0.4) is 0 Å². The molecule has 14 heteroatoms. The number of nitro groups is 1. The molecule has 29 heavy (non-hydrogen) atoms. The van der Waals surface area contributed by atoms with Gasteiger partial charge in [-0.15, -0.1) is 0 Å². The number of ether oxygens (including phenoxy) is 1. The van der Waals surface area contributed by atoms with Crippen molar-refractivity contribution >= 4 is 49.1 Å². The lowest BCUT2D eigenvalue weighted by molar-refractivity contribution is -0.384. The van der Waals surface area contributed by atoms with Gasteiger partial charge in [0, 0.05) is 0 Å². The Bertz CT molecular complexity index is 958. The molecule has 2 rings (SSSR count). The van der Waals surface area contributed by atoms with Gasteiger partial charge < -0.3 is 4.74 Å². The minimum atomic E-state index is -4.70. The van der Waals surface area contributed by atoms with Crippen LogP contribution in [0.5, 0.6) is 0 Å². The third kappa shape index (κ3) is 5.04. The van der Waals surface area contributed by atoms with Crippen molar-refractivity contribution in [3.63, 3.8) is 0 Å². The number of benzene rings is 1. The van der Waals surface area contributed by atoms with Gasteiger partial charge in [-0.05, 0) is 26.0 Å². The average molecular weight is 471 g/mol. The van der Waals surface area contributed by atoms with Crippen molar-refractivity contribution < 1.29 is 27.4 Å². The maximum atomic E-state index is 13.0. The molecular formula is C15H12Cl2F3N4O4P. The number of halogens is 5. The summed E-state index contributed by atoms with van der Waals surface area (Å²) < 4.78 is 56.2. The van der Waals surface area contributed by atoms with Crippen molar-refractivity contribution in [2.75, 3.05) is 6.61 Å². The fourth-order valence-corrected chi connectivity index (χ4v) is 3.08. The van der Waals surface area contributed by atoms with Gasteiger partial charge in [0.1, 0.15) is 17.5 Å². The van der Waals surface area contributed by atoms with Crippen molar-refractivity contribution in [3.8, 4) is 5.69 Å². The summed E-state index contributed by atoms with van der Waals surface area (Å²) in [6.07, 6.45) is -3.86. The first kappa shape index (κ1) is 23.1. The second-order valence-corrected chi connectivity index (χ2v) is 7.27. The van der Waals surface area contributed by atoms with E-state index in [4.69, 9.17) is 27.9 Å². The molecule has 0 aliphatic carbocycles. The SMILES string of the molecule is CCOC(=Nc1c([N+](=O)[O-])cnn1-c1c(Cl)cc(C(F)(F)F)cc1Cl)C(C)P=O. The molecule has 1 unspecified atom stereocenters. The highest BCUT2D eigenvalue weighted by molar-refractivity contribution is 7.26. The Morgan fingerprint density at radius 1 is 1.41 bits per heavy atom. The molecule has 1 aromatic heterocycles. The van der Waals surface area contributed by atoms with E-state index < -0.39 is 43.9 Å². The Balaban J connectivity index is 2.76. The smallest absolute Gasteiger partial charge is 0.416 e. The quantitative estimate of drug-likeness (QED) is 0.173. The topological polar surface area (TPSA) is 99.6 Å². The highest BCUT2D eigenvalue weighted by atomic mass is 35.5. The van der Waals surface area contributed by atoms with Crippen LogP contribution < -0.4 is 0 Å². The number of alkyl halides is 3. The summed E-state index contributed by atoms with van der Waals surface area (Å²) >= 11 is 12.0. The Morgan fingerprint density at radius 2 is 2.00 bits per heavy atom.